The highest BCUT2D eigenvalue weighted by molar-refractivity contribution is 6.37. The largest absolute Gasteiger partial charge is 0.484 e. The summed E-state index contributed by atoms with van der Waals surface area (Å²) in [6, 6.07) is 10.9. The molecule has 5 rings (SSSR count). The lowest BCUT2D eigenvalue weighted by Gasteiger charge is -2.25. The summed E-state index contributed by atoms with van der Waals surface area (Å²) in [5.74, 6) is 0.691. The topological polar surface area (TPSA) is 69.4 Å². The number of hydrogen-bond acceptors (Lipinski definition) is 5. The molecular formula is C23H19Cl2N3O3. The Labute approximate surface area is 189 Å². The van der Waals surface area contributed by atoms with Gasteiger partial charge in [0.15, 0.2) is 5.60 Å². The van der Waals surface area contributed by atoms with E-state index in [1.807, 2.05) is 48.7 Å². The quantitative estimate of drug-likeness (QED) is 0.462. The summed E-state index contributed by atoms with van der Waals surface area (Å²) in [5.41, 5.74) is 1.96. The van der Waals surface area contributed by atoms with Gasteiger partial charge in [-0.15, -0.1) is 0 Å². The first kappa shape index (κ1) is 20.1. The zero-order valence-corrected chi connectivity index (χ0v) is 18.6. The number of methoxy groups -OCH3 is 1. The molecule has 6 nitrogen and oxygen atoms in total. The summed E-state index contributed by atoms with van der Waals surface area (Å²) in [4.78, 5) is 8.77. The molecule has 0 fully saturated rings. The van der Waals surface area contributed by atoms with Crippen molar-refractivity contribution in [3.63, 3.8) is 0 Å². The van der Waals surface area contributed by atoms with E-state index in [1.54, 1.807) is 18.6 Å². The number of nitrogens with zero attached hydrogens (tertiary/aromatic N) is 3. The van der Waals surface area contributed by atoms with Crippen molar-refractivity contribution in [1.82, 2.24) is 14.5 Å². The second kappa shape index (κ2) is 7.12. The van der Waals surface area contributed by atoms with E-state index < -0.39 is 5.60 Å². The second-order valence-electron chi connectivity index (χ2n) is 7.68. The molecular weight excluding hydrogens is 437 g/mol. The van der Waals surface area contributed by atoms with Gasteiger partial charge < -0.3 is 14.6 Å². The molecule has 0 spiro atoms. The van der Waals surface area contributed by atoms with Gasteiger partial charge in [-0.25, -0.2) is 9.97 Å². The lowest BCUT2D eigenvalue weighted by Crippen LogP contribution is -2.26. The van der Waals surface area contributed by atoms with Crippen LogP contribution < -0.4 is 9.47 Å². The fraction of sp³-hybridized carbons (Fsp3) is 0.217. The summed E-state index contributed by atoms with van der Waals surface area (Å²) in [7, 11) is 1.52. The molecule has 1 aliphatic rings. The van der Waals surface area contributed by atoms with Crippen molar-refractivity contribution in [2.45, 2.75) is 25.6 Å². The summed E-state index contributed by atoms with van der Waals surface area (Å²) in [6.07, 6.45) is 3.20. The summed E-state index contributed by atoms with van der Waals surface area (Å²) >= 11 is 12.9. The molecule has 1 unspecified atom stereocenters. The van der Waals surface area contributed by atoms with Gasteiger partial charge in [0.05, 0.1) is 47.7 Å². The van der Waals surface area contributed by atoms with E-state index in [4.69, 9.17) is 32.7 Å². The molecule has 1 N–H and O–H groups in total. The van der Waals surface area contributed by atoms with Gasteiger partial charge in [0.1, 0.15) is 0 Å². The predicted molar refractivity (Wildman–Crippen MR) is 120 cm³/mol. The zero-order valence-electron chi connectivity index (χ0n) is 17.1. The summed E-state index contributed by atoms with van der Waals surface area (Å²) < 4.78 is 13.1. The number of fused-ring (bicyclic) bond motifs is 4. The highest BCUT2D eigenvalue weighted by atomic mass is 35.5. The van der Waals surface area contributed by atoms with Crippen LogP contribution in [-0.2, 0) is 5.60 Å². The van der Waals surface area contributed by atoms with Gasteiger partial charge in [-0.05, 0) is 43.7 Å². The molecule has 0 saturated carbocycles. The van der Waals surface area contributed by atoms with Gasteiger partial charge in [-0.2, -0.15) is 0 Å². The molecule has 0 radical (unpaired) electrons. The minimum Gasteiger partial charge on any atom is -0.484 e. The van der Waals surface area contributed by atoms with Crippen LogP contribution in [0.15, 0.2) is 48.9 Å². The maximum absolute atomic E-state index is 12.0. The van der Waals surface area contributed by atoms with Crippen LogP contribution in [0.2, 0.25) is 10.0 Å². The van der Waals surface area contributed by atoms with Crippen LogP contribution in [0.1, 0.15) is 30.7 Å². The van der Waals surface area contributed by atoms with Gasteiger partial charge in [0, 0.05) is 16.0 Å². The maximum atomic E-state index is 12.0. The molecule has 0 bridgehead atoms. The lowest BCUT2D eigenvalue weighted by molar-refractivity contribution is 0.127. The van der Waals surface area contributed by atoms with Crippen molar-refractivity contribution in [2.24, 2.45) is 0 Å². The molecule has 0 saturated heterocycles. The Balaban J connectivity index is 1.76. The fourth-order valence-electron chi connectivity index (χ4n) is 4.09. The van der Waals surface area contributed by atoms with E-state index in [0.717, 1.165) is 5.69 Å². The lowest BCUT2D eigenvalue weighted by atomic mass is 9.85. The zero-order chi connectivity index (χ0) is 21.9. The number of pyridine rings is 1. The number of aliphatic hydroxyl groups is 1. The Morgan fingerprint density at radius 1 is 1.13 bits per heavy atom. The van der Waals surface area contributed by atoms with E-state index in [-0.39, 0.29) is 6.10 Å². The Hall–Kier alpha value is -2.80. The van der Waals surface area contributed by atoms with Crippen molar-refractivity contribution in [1.29, 1.82) is 0 Å². The molecule has 158 valence electrons. The number of halogens is 2. The summed E-state index contributed by atoms with van der Waals surface area (Å²) in [5, 5.41) is 13.6. The second-order valence-corrected chi connectivity index (χ2v) is 8.50. The van der Waals surface area contributed by atoms with Gasteiger partial charge in [-0.1, -0.05) is 35.3 Å². The fourth-order valence-corrected chi connectivity index (χ4v) is 4.54. The van der Waals surface area contributed by atoms with Gasteiger partial charge in [0.2, 0.25) is 5.75 Å². The molecule has 31 heavy (non-hydrogen) atoms. The first-order valence-corrected chi connectivity index (χ1v) is 10.5. The summed E-state index contributed by atoms with van der Waals surface area (Å²) in [6.45, 7) is 3.81. The van der Waals surface area contributed by atoms with Gasteiger partial charge >= 0.3 is 0 Å². The third-order valence-electron chi connectivity index (χ3n) is 5.43. The maximum Gasteiger partial charge on any atom is 0.258 e. The van der Waals surface area contributed by atoms with E-state index in [9.17, 15) is 5.11 Å². The average Bonchev–Trinajstić information content (AvgIpc) is 3.32. The van der Waals surface area contributed by atoms with E-state index in [2.05, 4.69) is 9.97 Å². The minimum absolute atomic E-state index is 0.112. The van der Waals surface area contributed by atoms with Crippen LogP contribution in [0, 0.1) is 0 Å². The van der Waals surface area contributed by atoms with Crippen molar-refractivity contribution >= 4 is 34.1 Å². The number of rotatable bonds is 4. The molecule has 2 aromatic carbocycles. The SMILES string of the molecule is COc1nc2ccc(C3(O)c4ccc(Cl)cc4-n4cncc43)cc2c(Cl)c1OC(C)C. The van der Waals surface area contributed by atoms with Crippen molar-refractivity contribution in [2.75, 3.05) is 7.11 Å². The predicted octanol–water partition coefficient (Wildman–Crippen LogP) is 5.12. The van der Waals surface area contributed by atoms with Crippen LogP contribution in [0.5, 0.6) is 11.6 Å². The van der Waals surface area contributed by atoms with Crippen LogP contribution in [-0.4, -0.2) is 32.9 Å². The standard InChI is InChI=1S/C23H19Cl2N3O3/c1-12(2)31-21-20(25)15-8-13(4-7-17(15)27-22(21)30-3)23(29)16-6-5-14(24)9-18(16)28-11-26-10-19(23)28/h4-12,29H,1-3H3. The first-order chi connectivity index (χ1) is 14.8. The van der Waals surface area contributed by atoms with Crippen LogP contribution in [0.3, 0.4) is 0 Å². The first-order valence-electron chi connectivity index (χ1n) is 9.74. The number of ether oxygens (including phenoxy) is 2. The number of imidazole rings is 1. The Morgan fingerprint density at radius 2 is 1.94 bits per heavy atom. The normalized spacial score (nSPS) is 17.1. The van der Waals surface area contributed by atoms with Gasteiger partial charge in [0.25, 0.3) is 5.88 Å². The molecule has 8 heteroatoms. The third-order valence-corrected chi connectivity index (χ3v) is 6.04. The van der Waals surface area contributed by atoms with E-state index in [1.165, 1.54) is 7.11 Å². The van der Waals surface area contributed by atoms with Crippen molar-refractivity contribution < 1.29 is 14.6 Å². The highest BCUT2D eigenvalue weighted by Crippen LogP contribution is 2.48. The molecule has 1 atom stereocenters. The molecule has 1 aliphatic heterocycles. The van der Waals surface area contributed by atoms with Crippen molar-refractivity contribution in [3.05, 3.63) is 75.8 Å². The van der Waals surface area contributed by atoms with Crippen LogP contribution >= 0.6 is 23.2 Å². The molecule has 2 aromatic heterocycles. The minimum atomic E-state index is -1.42. The van der Waals surface area contributed by atoms with E-state index in [0.29, 0.717) is 49.4 Å². The Morgan fingerprint density at radius 3 is 2.68 bits per heavy atom. The number of benzene rings is 2. The van der Waals surface area contributed by atoms with Crippen molar-refractivity contribution in [3.8, 4) is 17.3 Å². The average molecular weight is 456 g/mol. The monoisotopic (exact) mass is 455 g/mol. The van der Waals surface area contributed by atoms with E-state index >= 15 is 0 Å². The van der Waals surface area contributed by atoms with Gasteiger partial charge in [-0.3, -0.25) is 4.57 Å². The Kier molecular flexibility index (Phi) is 4.62. The molecule has 0 aliphatic carbocycles. The molecule has 0 amide bonds. The number of aromatic nitrogens is 3. The number of hydrogen-bond donors (Lipinski definition) is 1. The Bertz CT molecular complexity index is 1340. The molecule has 4 aromatic rings. The van der Waals surface area contributed by atoms with Crippen LogP contribution in [0.4, 0.5) is 0 Å². The van der Waals surface area contributed by atoms with Crippen LogP contribution in [0.25, 0.3) is 16.6 Å². The highest BCUT2D eigenvalue weighted by Gasteiger charge is 2.44. The third kappa shape index (κ3) is 2.90. The smallest absolute Gasteiger partial charge is 0.258 e. The molecule has 3 heterocycles.